The summed E-state index contributed by atoms with van der Waals surface area (Å²) in [6.45, 7) is 5.86. The maximum Gasteiger partial charge on any atom is 0.0510 e. The number of benzene rings is 1. The van der Waals surface area contributed by atoms with Crippen molar-refractivity contribution in [2.75, 3.05) is 24.5 Å². The summed E-state index contributed by atoms with van der Waals surface area (Å²) in [6, 6.07) is 6.90. The van der Waals surface area contributed by atoms with E-state index in [2.05, 4.69) is 51.3 Å². The van der Waals surface area contributed by atoms with Crippen molar-refractivity contribution >= 4 is 21.6 Å². The summed E-state index contributed by atoms with van der Waals surface area (Å²) in [5.41, 5.74) is 2.94. The molecule has 1 unspecified atom stereocenters. The molecule has 3 rings (SSSR count). The lowest BCUT2D eigenvalue weighted by molar-refractivity contribution is 0.434. The van der Waals surface area contributed by atoms with Crippen molar-refractivity contribution in [1.29, 1.82) is 0 Å². The van der Waals surface area contributed by atoms with E-state index in [-0.39, 0.29) is 5.54 Å². The van der Waals surface area contributed by atoms with Crippen LogP contribution in [0.4, 0.5) is 5.69 Å². The van der Waals surface area contributed by atoms with E-state index in [4.69, 9.17) is 0 Å². The Labute approximate surface area is 118 Å². The summed E-state index contributed by atoms with van der Waals surface area (Å²) in [7, 11) is 0. The van der Waals surface area contributed by atoms with Gasteiger partial charge in [0.1, 0.15) is 0 Å². The Balaban J connectivity index is 1.88. The highest BCUT2D eigenvalue weighted by molar-refractivity contribution is 9.10. The van der Waals surface area contributed by atoms with Gasteiger partial charge in [-0.15, -0.1) is 0 Å². The van der Waals surface area contributed by atoms with E-state index in [9.17, 15) is 0 Å². The molecule has 0 bridgehead atoms. The van der Waals surface area contributed by atoms with Crippen molar-refractivity contribution in [1.82, 2.24) is 5.32 Å². The number of nitrogens with one attached hydrogen (secondary N) is 1. The molecule has 2 aliphatic heterocycles. The fourth-order valence-corrected chi connectivity index (χ4v) is 3.84. The van der Waals surface area contributed by atoms with Crippen LogP contribution in [0, 0.1) is 0 Å². The highest BCUT2D eigenvalue weighted by Gasteiger charge is 2.30. The zero-order chi connectivity index (χ0) is 12.6. The van der Waals surface area contributed by atoms with Crippen LogP contribution in [0.15, 0.2) is 22.7 Å². The molecule has 0 amide bonds. The number of hydrogen-bond acceptors (Lipinski definition) is 2. The third-order valence-electron chi connectivity index (χ3n) is 4.40. The van der Waals surface area contributed by atoms with Gasteiger partial charge in [0.05, 0.1) is 5.69 Å². The Morgan fingerprint density at radius 3 is 2.61 bits per heavy atom. The maximum atomic E-state index is 3.76. The van der Waals surface area contributed by atoms with Gasteiger partial charge in [-0.3, -0.25) is 0 Å². The molecule has 0 aliphatic carbocycles. The van der Waals surface area contributed by atoms with Crippen LogP contribution in [0.5, 0.6) is 0 Å². The molecule has 1 aromatic carbocycles. The van der Waals surface area contributed by atoms with Gasteiger partial charge in [0.15, 0.2) is 0 Å². The van der Waals surface area contributed by atoms with Gasteiger partial charge in [-0.25, -0.2) is 0 Å². The standard InChI is InChI=1S/C15H21BrN2/c1-15(7-4-8-17-15)12-5-6-14(13(16)11-12)18-9-2-3-10-18/h5-6,11,17H,2-4,7-10H2,1H3. The van der Waals surface area contributed by atoms with Crippen molar-refractivity contribution in [2.24, 2.45) is 0 Å². The fourth-order valence-electron chi connectivity index (χ4n) is 3.21. The Bertz CT molecular complexity index is 432. The predicted molar refractivity (Wildman–Crippen MR) is 80.2 cm³/mol. The molecule has 2 nitrogen and oxygen atoms in total. The minimum absolute atomic E-state index is 0.173. The molecule has 2 heterocycles. The lowest BCUT2D eigenvalue weighted by Gasteiger charge is -2.27. The van der Waals surface area contributed by atoms with Crippen LogP contribution in [0.25, 0.3) is 0 Å². The lowest BCUT2D eigenvalue weighted by Crippen LogP contribution is -2.33. The monoisotopic (exact) mass is 308 g/mol. The van der Waals surface area contributed by atoms with E-state index < -0.39 is 0 Å². The Morgan fingerprint density at radius 2 is 2.00 bits per heavy atom. The molecule has 2 aliphatic rings. The first-order valence-electron chi connectivity index (χ1n) is 6.99. The summed E-state index contributed by atoms with van der Waals surface area (Å²) < 4.78 is 1.25. The average molecular weight is 309 g/mol. The largest absolute Gasteiger partial charge is 0.371 e. The van der Waals surface area contributed by atoms with Crippen LogP contribution in [0.3, 0.4) is 0 Å². The maximum absolute atomic E-state index is 3.76. The number of anilines is 1. The van der Waals surface area contributed by atoms with Gasteiger partial charge in [0, 0.05) is 23.1 Å². The van der Waals surface area contributed by atoms with Crippen LogP contribution in [0.1, 0.15) is 38.2 Å². The molecule has 98 valence electrons. The summed E-state index contributed by atoms with van der Waals surface area (Å²) in [5, 5.41) is 3.63. The molecule has 2 saturated heterocycles. The molecule has 0 spiro atoms. The molecule has 1 aromatic rings. The van der Waals surface area contributed by atoms with Crippen molar-refractivity contribution in [2.45, 2.75) is 38.1 Å². The molecule has 3 heteroatoms. The predicted octanol–water partition coefficient (Wildman–Crippen LogP) is 3.65. The number of nitrogens with zero attached hydrogens (tertiary/aromatic N) is 1. The van der Waals surface area contributed by atoms with Gasteiger partial charge in [0.25, 0.3) is 0 Å². The van der Waals surface area contributed by atoms with Crippen LogP contribution in [-0.2, 0) is 5.54 Å². The first kappa shape index (κ1) is 12.5. The topological polar surface area (TPSA) is 15.3 Å². The van der Waals surface area contributed by atoms with Crippen molar-refractivity contribution in [3.8, 4) is 0 Å². The molecule has 18 heavy (non-hydrogen) atoms. The Morgan fingerprint density at radius 1 is 1.22 bits per heavy atom. The third-order valence-corrected chi connectivity index (χ3v) is 5.04. The van der Waals surface area contributed by atoms with E-state index in [1.165, 1.54) is 54.5 Å². The fraction of sp³-hybridized carbons (Fsp3) is 0.600. The average Bonchev–Trinajstić information content (AvgIpc) is 3.00. The molecular formula is C15H21BrN2. The summed E-state index contributed by atoms with van der Waals surface area (Å²) in [4.78, 5) is 2.48. The molecule has 1 N–H and O–H groups in total. The summed E-state index contributed by atoms with van der Waals surface area (Å²) in [5.74, 6) is 0. The minimum atomic E-state index is 0.173. The van der Waals surface area contributed by atoms with E-state index in [1.54, 1.807) is 0 Å². The van der Waals surface area contributed by atoms with Gasteiger partial charge in [-0.2, -0.15) is 0 Å². The molecule has 1 atom stereocenters. The zero-order valence-electron chi connectivity index (χ0n) is 11.0. The second-order valence-electron chi connectivity index (χ2n) is 5.72. The highest BCUT2D eigenvalue weighted by Crippen LogP contribution is 2.36. The van der Waals surface area contributed by atoms with Gasteiger partial charge in [-0.05, 0) is 72.8 Å². The van der Waals surface area contributed by atoms with Crippen LogP contribution >= 0.6 is 15.9 Å². The second-order valence-corrected chi connectivity index (χ2v) is 6.58. The van der Waals surface area contributed by atoms with E-state index in [0.717, 1.165) is 6.54 Å². The van der Waals surface area contributed by atoms with Gasteiger partial charge >= 0.3 is 0 Å². The molecule has 0 aromatic heterocycles. The summed E-state index contributed by atoms with van der Waals surface area (Å²) in [6.07, 6.45) is 5.17. The van der Waals surface area contributed by atoms with Crippen LogP contribution in [-0.4, -0.2) is 19.6 Å². The highest BCUT2D eigenvalue weighted by atomic mass is 79.9. The van der Waals surface area contributed by atoms with E-state index in [1.807, 2.05) is 0 Å². The van der Waals surface area contributed by atoms with E-state index in [0.29, 0.717) is 0 Å². The molecule has 2 fully saturated rings. The normalized spacial score (nSPS) is 28.0. The van der Waals surface area contributed by atoms with Gasteiger partial charge < -0.3 is 10.2 Å². The molecular weight excluding hydrogens is 288 g/mol. The van der Waals surface area contributed by atoms with Crippen LogP contribution in [0.2, 0.25) is 0 Å². The lowest BCUT2D eigenvalue weighted by atomic mass is 9.90. The van der Waals surface area contributed by atoms with Crippen molar-refractivity contribution < 1.29 is 0 Å². The molecule has 0 radical (unpaired) electrons. The first-order chi connectivity index (χ1) is 8.69. The first-order valence-corrected chi connectivity index (χ1v) is 7.78. The number of hydrogen-bond donors (Lipinski definition) is 1. The van der Waals surface area contributed by atoms with Crippen molar-refractivity contribution in [3.63, 3.8) is 0 Å². The SMILES string of the molecule is CC1(c2ccc(N3CCCC3)c(Br)c2)CCCN1. The van der Waals surface area contributed by atoms with Crippen molar-refractivity contribution in [3.05, 3.63) is 28.2 Å². The smallest absolute Gasteiger partial charge is 0.0510 e. The van der Waals surface area contributed by atoms with E-state index >= 15 is 0 Å². The third kappa shape index (κ3) is 2.19. The zero-order valence-corrected chi connectivity index (χ0v) is 12.6. The van der Waals surface area contributed by atoms with Crippen LogP contribution < -0.4 is 10.2 Å². The Kier molecular flexibility index (Phi) is 3.37. The quantitative estimate of drug-likeness (QED) is 0.897. The Hall–Kier alpha value is -0.540. The number of halogens is 1. The number of rotatable bonds is 2. The summed E-state index contributed by atoms with van der Waals surface area (Å²) >= 11 is 3.76. The molecule has 0 saturated carbocycles. The van der Waals surface area contributed by atoms with Gasteiger partial charge in [0.2, 0.25) is 0 Å². The van der Waals surface area contributed by atoms with Gasteiger partial charge in [-0.1, -0.05) is 6.07 Å². The second kappa shape index (κ2) is 4.86. The minimum Gasteiger partial charge on any atom is -0.371 e.